The Kier molecular flexibility index (Phi) is 6.05. The van der Waals surface area contributed by atoms with Crippen LogP contribution in [0.3, 0.4) is 0 Å². The summed E-state index contributed by atoms with van der Waals surface area (Å²) in [6.45, 7) is 0.0594. The van der Waals surface area contributed by atoms with Gasteiger partial charge in [0.25, 0.3) is 0 Å². The monoisotopic (exact) mass is 287 g/mol. The number of rotatable bonds is 7. The van der Waals surface area contributed by atoms with Gasteiger partial charge in [-0.1, -0.05) is 6.07 Å². The summed E-state index contributed by atoms with van der Waals surface area (Å²) in [7, 11) is 1.40. The first-order valence-electron chi connectivity index (χ1n) is 5.89. The number of carboxylic acid groups (broad SMARTS) is 1. The van der Waals surface area contributed by atoms with Gasteiger partial charge >= 0.3 is 5.97 Å². The van der Waals surface area contributed by atoms with Gasteiger partial charge in [-0.05, 0) is 17.7 Å². The minimum absolute atomic E-state index is 0.0594. The number of methoxy groups -OCH3 is 1. The Hall–Kier alpha value is -2.02. The predicted molar refractivity (Wildman–Crippen MR) is 66.0 cm³/mol. The molecule has 2 N–H and O–H groups in total. The van der Waals surface area contributed by atoms with Gasteiger partial charge in [0, 0.05) is 13.5 Å². The van der Waals surface area contributed by atoms with E-state index in [0.29, 0.717) is 5.56 Å². The van der Waals surface area contributed by atoms with Crippen LogP contribution in [0.4, 0.5) is 8.78 Å². The lowest BCUT2D eigenvalue weighted by Crippen LogP contribution is -2.31. The van der Waals surface area contributed by atoms with Crippen molar-refractivity contribution in [1.29, 1.82) is 0 Å². The molecular formula is C13H15F2NO4. The second-order valence-electron chi connectivity index (χ2n) is 4.14. The zero-order valence-electron chi connectivity index (χ0n) is 10.9. The molecule has 110 valence electrons. The third-order valence-electron chi connectivity index (χ3n) is 2.58. The fourth-order valence-electron chi connectivity index (χ4n) is 1.60. The molecule has 1 unspecified atom stereocenters. The second kappa shape index (κ2) is 7.54. The van der Waals surface area contributed by atoms with Crippen molar-refractivity contribution in [2.24, 2.45) is 0 Å². The van der Waals surface area contributed by atoms with E-state index in [0.717, 1.165) is 12.1 Å². The third kappa shape index (κ3) is 4.93. The Bertz CT molecular complexity index is 493. The molecule has 1 aromatic carbocycles. The topological polar surface area (TPSA) is 75.6 Å². The van der Waals surface area contributed by atoms with Gasteiger partial charge in [-0.3, -0.25) is 9.59 Å². The molecule has 0 radical (unpaired) electrons. The lowest BCUT2D eigenvalue weighted by molar-refractivity contribution is -0.139. The molecule has 7 heteroatoms. The average Bonchev–Trinajstić information content (AvgIpc) is 2.39. The number of carbonyl (C=O) groups excluding carboxylic acids is 1. The van der Waals surface area contributed by atoms with Crippen LogP contribution in [-0.4, -0.2) is 30.7 Å². The average molecular weight is 287 g/mol. The van der Waals surface area contributed by atoms with Crippen LogP contribution in [0.15, 0.2) is 18.2 Å². The molecule has 5 nitrogen and oxygen atoms in total. The molecule has 1 rings (SSSR count). The lowest BCUT2D eigenvalue weighted by atomic mass is 10.1. The summed E-state index contributed by atoms with van der Waals surface area (Å²) in [5.41, 5.74) is 0.342. The van der Waals surface area contributed by atoms with E-state index >= 15 is 0 Å². The van der Waals surface area contributed by atoms with Gasteiger partial charge in [0.1, 0.15) is 0 Å². The maximum absolute atomic E-state index is 13.2. The highest BCUT2D eigenvalue weighted by Crippen LogP contribution is 2.17. The Balaban J connectivity index is 2.75. The molecule has 0 aliphatic carbocycles. The van der Waals surface area contributed by atoms with Crippen molar-refractivity contribution in [3.8, 4) is 0 Å². The molecule has 0 aromatic heterocycles. The van der Waals surface area contributed by atoms with E-state index in [2.05, 4.69) is 5.32 Å². The van der Waals surface area contributed by atoms with Gasteiger partial charge in [-0.25, -0.2) is 8.78 Å². The molecule has 0 aliphatic heterocycles. The van der Waals surface area contributed by atoms with Crippen LogP contribution in [0.5, 0.6) is 0 Å². The van der Waals surface area contributed by atoms with E-state index in [4.69, 9.17) is 9.84 Å². The number of benzene rings is 1. The highest BCUT2D eigenvalue weighted by atomic mass is 19.2. The third-order valence-corrected chi connectivity index (χ3v) is 2.58. The van der Waals surface area contributed by atoms with Gasteiger partial charge in [0.2, 0.25) is 5.91 Å². The van der Waals surface area contributed by atoms with Crippen molar-refractivity contribution in [3.63, 3.8) is 0 Å². The van der Waals surface area contributed by atoms with Crippen molar-refractivity contribution in [1.82, 2.24) is 5.32 Å². The van der Waals surface area contributed by atoms with Crippen LogP contribution in [0, 0.1) is 11.6 Å². The summed E-state index contributed by atoms with van der Waals surface area (Å²) in [4.78, 5) is 21.9. The van der Waals surface area contributed by atoms with Crippen molar-refractivity contribution >= 4 is 11.9 Å². The number of amides is 1. The van der Waals surface area contributed by atoms with Crippen LogP contribution in [0.25, 0.3) is 0 Å². The van der Waals surface area contributed by atoms with E-state index in [1.54, 1.807) is 0 Å². The summed E-state index contributed by atoms with van der Waals surface area (Å²) < 4.78 is 30.9. The number of ether oxygens (including phenoxy) is 1. The quantitative estimate of drug-likeness (QED) is 0.799. The van der Waals surface area contributed by atoms with Crippen molar-refractivity contribution in [2.45, 2.75) is 18.9 Å². The number of carboxylic acids is 1. The number of nitrogens with one attached hydrogen (secondary N) is 1. The van der Waals surface area contributed by atoms with Crippen LogP contribution < -0.4 is 5.32 Å². The van der Waals surface area contributed by atoms with Crippen molar-refractivity contribution in [2.75, 3.05) is 13.7 Å². The minimum Gasteiger partial charge on any atom is -0.481 e. The maximum atomic E-state index is 13.2. The van der Waals surface area contributed by atoms with Crippen LogP contribution in [-0.2, 0) is 14.3 Å². The zero-order chi connectivity index (χ0) is 15.1. The molecule has 0 aliphatic rings. The molecule has 0 spiro atoms. The highest BCUT2D eigenvalue weighted by molar-refractivity contribution is 5.80. The second-order valence-corrected chi connectivity index (χ2v) is 4.14. The molecule has 0 saturated carbocycles. The summed E-state index contributed by atoms with van der Waals surface area (Å²) in [5, 5.41) is 11.0. The summed E-state index contributed by atoms with van der Waals surface area (Å²) >= 11 is 0. The van der Waals surface area contributed by atoms with Gasteiger partial charge in [-0.15, -0.1) is 0 Å². The number of hydrogen-bond donors (Lipinski definition) is 2. The number of hydrogen-bond acceptors (Lipinski definition) is 3. The van der Waals surface area contributed by atoms with Crippen LogP contribution in [0.2, 0.25) is 0 Å². The molecule has 1 atom stereocenters. The molecule has 20 heavy (non-hydrogen) atoms. The molecular weight excluding hydrogens is 272 g/mol. The largest absolute Gasteiger partial charge is 0.481 e. The molecule has 0 bridgehead atoms. The Morgan fingerprint density at radius 2 is 2.00 bits per heavy atom. The first-order chi connectivity index (χ1) is 9.43. The molecule has 0 saturated heterocycles. The first kappa shape index (κ1) is 16.0. The minimum atomic E-state index is -1.09. The lowest BCUT2D eigenvalue weighted by Gasteiger charge is -2.18. The van der Waals surface area contributed by atoms with Crippen LogP contribution >= 0.6 is 0 Å². The summed E-state index contributed by atoms with van der Waals surface area (Å²) in [6.07, 6.45) is -0.497. The maximum Gasteiger partial charge on any atom is 0.303 e. The predicted octanol–water partition coefficient (Wildman–Crippen LogP) is 1.63. The Labute approximate surface area is 114 Å². The number of halogens is 2. The summed E-state index contributed by atoms with van der Waals surface area (Å²) in [6, 6.07) is 2.59. The molecule has 0 heterocycles. The molecule has 0 fully saturated rings. The molecule has 1 aromatic rings. The van der Waals surface area contributed by atoms with E-state index in [1.165, 1.54) is 13.2 Å². The van der Waals surface area contributed by atoms with E-state index in [1.807, 2.05) is 0 Å². The SMILES string of the molecule is COCC(NC(=O)CCC(=O)O)c1ccc(F)c(F)c1. The smallest absolute Gasteiger partial charge is 0.303 e. The Morgan fingerprint density at radius 3 is 2.55 bits per heavy atom. The number of aliphatic carboxylic acids is 1. The van der Waals surface area contributed by atoms with Crippen molar-refractivity contribution < 1.29 is 28.2 Å². The first-order valence-corrected chi connectivity index (χ1v) is 5.89. The normalized spacial score (nSPS) is 11.9. The van der Waals surface area contributed by atoms with E-state index in [9.17, 15) is 18.4 Å². The zero-order valence-corrected chi connectivity index (χ0v) is 10.9. The molecule has 1 amide bonds. The standard InChI is InChI=1S/C13H15F2NO4/c1-20-7-11(16-12(17)4-5-13(18)19)8-2-3-9(14)10(15)6-8/h2-3,6,11H,4-5,7H2,1H3,(H,16,17)(H,18,19). The van der Waals surface area contributed by atoms with Gasteiger partial charge in [0.15, 0.2) is 11.6 Å². The van der Waals surface area contributed by atoms with E-state index in [-0.39, 0.29) is 19.4 Å². The highest BCUT2D eigenvalue weighted by Gasteiger charge is 2.17. The summed E-state index contributed by atoms with van der Waals surface area (Å²) in [5.74, 6) is -3.60. The van der Waals surface area contributed by atoms with E-state index < -0.39 is 29.6 Å². The fraction of sp³-hybridized carbons (Fsp3) is 0.385. The van der Waals surface area contributed by atoms with Gasteiger partial charge in [0.05, 0.1) is 19.1 Å². The van der Waals surface area contributed by atoms with Crippen LogP contribution in [0.1, 0.15) is 24.4 Å². The Morgan fingerprint density at radius 1 is 1.30 bits per heavy atom. The number of carbonyl (C=O) groups is 2. The van der Waals surface area contributed by atoms with Gasteiger partial charge in [-0.2, -0.15) is 0 Å². The van der Waals surface area contributed by atoms with Crippen molar-refractivity contribution in [3.05, 3.63) is 35.4 Å². The van der Waals surface area contributed by atoms with Gasteiger partial charge < -0.3 is 15.2 Å². The fourth-order valence-corrected chi connectivity index (χ4v) is 1.60.